The second-order valence-corrected chi connectivity index (χ2v) is 5.22. The third kappa shape index (κ3) is 3.28. The van der Waals surface area contributed by atoms with Gasteiger partial charge in [0, 0.05) is 10.9 Å². The topological polar surface area (TPSA) is 9.23 Å². The molecule has 0 aliphatic rings. The van der Waals surface area contributed by atoms with E-state index in [9.17, 15) is 17.6 Å². The normalized spacial score (nSPS) is 11.7. The molecule has 23 heavy (non-hydrogen) atoms. The van der Waals surface area contributed by atoms with Crippen LogP contribution in [0.25, 0.3) is 21.9 Å². The third-order valence-corrected chi connectivity index (χ3v) is 3.51. The van der Waals surface area contributed by atoms with Crippen molar-refractivity contribution < 1.29 is 22.3 Å². The predicted octanol–water partition coefficient (Wildman–Crippen LogP) is 5.85. The van der Waals surface area contributed by atoms with Crippen molar-refractivity contribution in [2.75, 3.05) is 0 Å². The number of halogens is 4. The van der Waals surface area contributed by atoms with Crippen LogP contribution in [-0.2, 0) is 0 Å². The Morgan fingerprint density at radius 2 is 1.57 bits per heavy atom. The number of benzene rings is 3. The summed E-state index contributed by atoms with van der Waals surface area (Å²) in [5.74, 6) is -0.731. The zero-order chi connectivity index (χ0) is 16.6. The fraction of sp³-hybridized carbons (Fsp3) is 0.111. The van der Waals surface area contributed by atoms with E-state index in [2.05, 4.69) is 4.74 Å². The third-order valence-electron chi connectivity index (χ3n) is 3.51. The zero-order valence-corrected chi connectivity index (χ0v) is 12.1. The number of hydrogen-bond acceptors (Lipinski definition) is 1. The van der Waals surface area contributed by atoms with E-state index in [0.717, 1.165) is 10.9 Å². The Bertz CT molecular complexity index is 851. The molecule has 0 atom stereocenters. The highest BCUT2D eigenvalue weighted by molar-refractivity contribution is 5.88. The van der Waals surface area contributed by atoms with Crippen LogP contribution in [0.4, 0.5) is 17.6 Å². The zero-order valence-electron chi connectivity index (χ0n) is 12.1. The quantitative estimate of drug-likeness (QED) is 0.538. The van der Waals surface area contributed by atoms with Crippen molar-refractivity contribution in [2.24, 2.45) is 0 Å². The van der Waals surface area contributed by atoms with Crippen molar-refractivity contribution in [3.8, 4) is 16.9 Å². The molecule has 0 spiro atoms. The van der Waals surface area contributed by atoms with Gasteiger partial charge in [0.05, 0.1) is 0 Å². The van der Waals surface area contributed by atoms with Crippen molar-refractivity contribution in [3.63, 3.8) is 0 Å². The van der Waals surface area contributed by atoms with Gasteiger partial charge in [0.2, 0.25) is 0 Å². The molecule has 0 amide bonds. The molecule has 1 nitrogen and oxygen atoms in total. The first-order chi connectivity index (χ1) is 10.8. The Labute approximate surface area is 130 Å². The molecular weight excluding hydrogens is 308 g/mol. The molecule has 3 aromatic rings. The molecule has 3 aromatic carbocycles. The molecule has 0 radical (unpaired) electrons. The number of hydrogen-bond donors (Lipinski definition) is 0. The van der Waals surface area contributed by atoms with Crippen LogP contribution in [0.15, 0.2) is 54.6 Å². The van der Waals surface area contributed by atoms with Gasteiger partial charge < -0.3 is 4.74 Å². The van der Waals surface area contributed by atoms with Crippen molar-refractivity contribution in [1.29, 1.82) is 0 Å². The van der Waals surface area contributed by atoms with Gasteiger partial charge in [0.15, 0.2) is 0 Å². The van der Waals surface area contributed by atoms with Crippen molar-refractivity contribution in [3.05, 3.63) is 66.0 Å². The molecule has 0 saturated carbocycles. The number of alkyl halides is 3. The molecule has 0 N–H and O–H groups in total. The first kappa shape index (κ1) is 15.3. The lowest BCUT2D eigenvalue weighted by Gasteiger charge is -2.10. The SMILES string of the molecule is Cc1ccc2c(F)c(-c3ccc(OC(F)(F)F)cc3)ccc2c1. The molecule has 5 heteroatoms. The minimum atomic E-state index is -4.74. The van der Waals surface area contributed by atoms with E-state index >= 15 is 0 Å². The van der Waals surface area contributed by atoms with Crippen LogP contribution in [0.2, 0.25) is 0 Å². The van der Waals surface area contributed by atoms with Gasteiger partial charge in [-0.15, -0.1) is 13.2 Å². The predicted molar refractivity (Wildman–Crippen MR) is 80.8 cm³/mol. The molecule has 0 saturated heterocycles. The molecule has 0 heterocycles. The number of aryl methyl sites for hydroxylation is 1. The Morgan fingerprint density at radius 3 is 2.22 bits per heavy atom. The molecule has 0 bridgehead atoms. The minimum absolute atomic E-state index is 0.333. The van der Waals surface area contributed by atoms with E-state index in [1.165, 1.54) is 24.3 Å². The highest BCUT2D eigenvalue weighted by atomic mass is 19.4. The standard InChI is InChI=1S/C18H12F4O/c1-11-2-8-16-13(10-11)5-9-15(17(16)19)12-3-6-14(7-4-12)23-18(20,21)22/h2-10H,1H3. The molecule has 118 valence electrons. The van der Waals surface area contributed by atoms with Crippen LogP contribution >= 0.6 is 0 Å². The summed E-state index contributed by atoms with van der Waals surface area (Å²) >= 11 is 0. The number of ether oxygens (including phenoxy) is 1. The van der Waals surface area contributed by atoms with E-state index in [4.69, 9.17) is 0 Å². The van der Waals surface area contributed by atoms with E-state index in [0.29, 0.717) is 16.5 Å². The Morgan fingerprint density at radius 1 is 0.870 bits per heavy atom. The molecule has 0 aliphatic carbocycles. The van der Waals surface area contributed by atoms with E-state index in [1.807, 2.05) is 19.1 Å². The first-order valence-electron chi connectivity index (χ1n) is 6.88. The number of rotatable bonds is 2. The molecule has 0 aromatic heterocycles. The summed E-state index contributed by atoms with van der Waals surface area (Å²) in [5, 5.41) is 1.26. The van der Waals surface area contributed by atoms with E-state index in [1.54, 1.807) is 18.2 Å². The van der Waals surface area contributed by atoms with Crippen molar-refractivity contribution in [2.45, 2.75) is 13.3 Å². The van der Waals surface area contributed by atoms with Crippen molar-refractivity contribution >= 4 is 10.8 Å². The van der Waals surface area contributed by atoms with Gasteiger partial charge in [0.25, 0.3) is 0 Å². The Hall–Kier alpha value is -2.56. The monoisotopic (exact) mass is 320 g/mol. The molecule has 0 aliphatic heterocycles. The highest BCUT2D eigenvalue weighted by Gasteiger charge is 2.31. The second kappa shape index (κ2) is 5.57. The maximum Gasteiger partial charge on any atom is 0.573 e. The minimum Gasteiger partial charge on any atom is -0.406 e. The fourth-order valence-corrected chi connectivity index (χ4v) is 2.47. The molecule has 0 fully saturated rings. The summed E-state index contributed by atoms with van der Waals surface area (Å²) in [5.41, 5.74) is 1.85. The van der Waals surface area contributed by atoms with Crippen LogP contribution in [0, 0.1) is 12.7 Å². The van der Waals surface area contributed by atoms with Gasteiger partial charge in [-0.1, -0.05) is 48.0 Å². The van der Waals surface area contributed by atoms with Gasteiger partial charge in [-0.2, -0.15) is 0 Å². The summed E-state index contributed by atoms with van der Waals surface area (Å²) < 4.78 is 54.9. The molecule has 0 unspecified atom stereocenters. The van der Waals surface area contributed by atoms with Crippen LogP contribution in [0.1, 0.15) is 5.56 Å². The first-order valence-corrected chi connectivity index (χ1v) is 6.88. The summed E-state index contributed by atoms with van der Waals surface area (Å²) in [7, 11) is 0. The summed E-state index contributed by atoms with van der Waals surface area (Å²) in [6.45, 7) is 1.92. The maximum atomic E-state index is 14.6. The van der Waals surface area contributed by atoms with Gasteiger partial charge in [-0.25, -0.2) is 4.39 Å². The van der Waals surface area contributed by atoms with Crippen molar-refractivity contribution in [1.82, 2.24) is 0 Å². The van der Waals surface area contributed by atoms with Gasteiger partial charge in [-0.05, 0) is 30.0 Å². The lowest BCUT2D eigenvalue weighted by molar-refractivity contribution is -0.274. The van der Waals surface area contributed by atoms with E-state index in [-0.39, 0.29) is 5.75 Å². The number of fused-ring (bicyclic) bond motifs is 1. The maximum absolute atomic E-state index is 14.6. The average molecular weight is 320 g/mol. The molecular formula is C18H12F4O. The lowest BCUT2D eigenvalue weighted by atomic mass is 9.99. The van der Waals surface area contributed by atoms with E-state index < -0.39 is 12.2 Å². The van der Waals surface area contributed by atoms with Gasteiger partial charge in [-0.3, -0.25) is 0 Å². The summed E-state index contributed by atoms with van der Waals surface area (Å²) in [6, 6.07) is 13.9. The second-order valence-electron chi connectivity index (χ2n) is 5.22. The summed E-state index contributed by atoms with van der Waals surface area (Å²) in [6.07, 6.45) is -4.74. The smallest absolute Gasteiger partial charge is 0.406 e. The highest BCUT2D eigenvalue weighted by Crippen LogP contribution is 2.31. The van der Waals surface area contributed by atoms with Crippen LogP contribution < -0.4 is 4.74 Å². The lowest BCUT2D eigenvalue weighted by Crippen LogP contribution is -2.16. The van der Waals surface area contributed by atoms with Gasteiger partial charge in [0.1, 0.15) is 11.6 Å². The summed E-state index contributed by atoms with van der Waals surface area (Å²) in [4.78, 5) is 0. The van der Waals surface area contributed by atoms with Crippen LogP contribution in [0.5, 0.6) is 5.75 Å². The Balaban J connectivity index is 2.00. The largest absolute Gasteiger partial charge is 0.573 e. The Kier molecular flexibility index (Phi) is 3.72. The molecule has 3 rings (SSSR count). The van der Waals surface area contributed by atoms with Crippen LogP contribution in [-0.4, -0.2) is 6.36 Å². The average Bonchev–Trinajstić information content (AvgIpc) is 2.47. The van der Waals surface area contributed by atoms with Gasteiger partial charge >= 0.3 is 6.36 Å². The fourth-order valence-electron chi connectivity index (χ4n) is 2.47. The van der Waals surface area contributed by atoms with Crippen LogP contribution in [0.3, 0.4) is 0 Å².